The van der Waals surface area contributed by atoms with Crippen LogP contribution in [0.25, 0.3) is 10.9 Å². The summed E-state index contributed by atoms with van der Waals surface area (Å²) in [5.74, 6) is 1.92. The number of hydrogen-bond acceptors (Lipinski definition) is 4. The van der Waals surface area contributed by atoms with E-state index >= 15 is 0 Å². The number of nitrogens with two attached hydrogens (primary N) is 1. The molecule has 2 aromatic rings. The first-order valence-electron chi connectivity index (χ1n) is 9.74. The van der Waals surface area contributed by atoms with Gasteiger partial charge in [-0.15, -0.1) is 0 Å². The van der Waals surface area contributed by atoms with E-state index in [4.69, 9.17) is 10.5 Å². The summed E-state index contributed by atoms with van der Waals surface area (Å²) in [7, 11) is 8.40. The minimum Gasteiger partial charge on any atom is -0.488 e. The van der Waals surface area contributed by atoms with Gasteiger partial charge in [0.05, 0.1) is 5.52 Å². The lowest BCUT2D eigenvalue weighted by atomic mass is 10.0. The summed E-state index contributed by atoms with van der Waals surface area (Å²) in [6.45, 7) is 9.07. The van der Waals surface area contributed by atoms with Crippen LogP contribution in [0.15, 0.2) is 12.1 Å². The summed E-state index contributed by atoms with van der Waals surface area (Å²) in [6.07, 6.45) is 2.28. The van der Waals surface area contributed by atoms with Crippen molar-refractivity contribution >= 4 is 16.7 Å². The highest BCUT2D eigenvalue weighted by Gasteiger charge is 2.28. The highest BCUT2D eigenvalue weighted by atomic mass is 16.5. The van der Waals surface area contributed by atoms with Crippen LogP contribution in [-0.2, 0) is 13.0 Å². The molecule has 0 saturated carbocycles. The predicted molar refractivity (Wildman–Crippen MR) is 112 cm³/mol. The van der Waals surface area contributed by atoms with Crippen LogP contribution in [-0.4, -0.2) is 61.8 Å². The smallest absolute Gasteiger partial charge is 0.125 e. The van der Waals surface area contributed by atoms with Gasteiger partial charge in [0.25, 0.3) is 0 Å². The molecule has 0 aliphatic carbocycles. The molecule has 26 heavy (non-hydrogen) atoms. The van der Waals surface area contributed by atoms with Gasteiger partial charge in [-0.05, 0) is 65.8 Å². The topological polar surface area (TPSA) is 46.7 Å². The number of nitrogen functional groups attached to an aromatic ring is 1. The van der Waals surface area contributed by atoms with E-state index in [1.807, 2.05) is 13.8 Å². The number of likely N-dealkylation sites (N-methyl/N-ethyl adjacent to an activating group) is 1. The zero-order valence-electron chi connectivity index (χ0n) is 17.6. The minimum absolute atomic E-state index is 0.229. The number of nitrogens with zero attached hydrogens (tertiary/aromatic N) is 3. The Hall–Kier alpha value is -1.72. The molecule has 2 heterocycles. The largest absolute Gasteiger partial charge is 0.488 e. The summed E-state index contributed by atoms with van der Waals surface area (Å²) >= 11 is 0. The number of anilines is 1. The van der Waals surface area contributed by atoms with Gasteiger partial charge in [0, 0.05) is 30.5 Å². The van der Waals surface area contributed by atoms with Crippen molar-refractivity contribution in [3.8, 4) is 5.75 Å². The first kappa shape index (κ1) is 20.6. The molecular formula is C21H36N4O. The Kier molecular flexibility index (Phi) is 6.95. The third kappa shape index (κ3) is 4.15. The van der Waals surface area contributed by atoms with Gasteiger partial charge in [-0.2, -0.15) is 0 Å². The van der Waals surface area contributed by atoms with Crippen molar-refractivity contribution in [3.63, 3.8) is 0 Å². The molecule has 5 nitrogen and oxygen atoms in total. The lowest BCUT2D eigenvalue weighted by molar-refractivity contribution is 0.184. The number of fused-ring (bicyclic) bond motifs is 3. The average Bonchev–Trinajstić information content (AvgIpc) is 3.09. The Morgan fingerprint density at radius 2 is 1.85 bits per heavy atom. The SMILES string of the molecule is CC.Cc1c(N)n(CCCN(C)C)c2c3c(ccc12)OC(CN(C)C)C3. The molecule has 0 fully saturated rings. The normalized spacial score (nSPS) is 16.0. The maximum atomic E-state index is 6.44. The molecule has 1 aromatic carbocycles. The first-order valence-corrected chi connectivity index (χ1v) is 9.74. The highest BCUT2D eigenvalue weighted by molar-refractivity contribution is 5.93. The molecule has 1 unspecified atom stereocenters. The van der Waals surface area contributed by atoms with Crippen LogP contribution in [0.2, 0.25) is 0 Å². The van der Waals surface area contributed by atoms with E-state index in [2.05, 4.69) is 61.6 Å². The summed E-state index contributed by atoms with van der Waals surface area (Å²) in [6, 6.07) is 4.28. The molecule has 1 aliphatic heterocycles. The number of ether oxygens (including phenoxy) is 1. The fourth-order valence-electron chi connectivity index (χ4n) is 3.73. The van der Waals surface area contributed by atoms with Crippen molar-refractivity contribution in [1.29, 1.82) is 0 Å². The van der Waals surface area contributed by atoms with Crippen LogP contribution < -0.4 is 10.5 Å². The zero-order valence-corrected chi connectivity index (χ0v) is 17.6. The van der Waals surface area contributed by atoms with Gasteiger partial charge in [-0.3, -0.25) is 0 Å². The van der Waals surface area contributed by atoms with Gasteiger partial charge < -0.3 is 24.8 Å². The van der Waals surface area contributed by atoms with Crippen molar-refractivity contribution in [2.45, 2.75) is 46.3 Å². The van der Waals surface area contributed by atoms with Crippen molar-refractivity contribution in [2.75, 3.05) is 47.0 Å². The monoisotopic (exact) mass is 360 g/mol. The Labute approximate surface area is 158 Å². The Morgan fingerprint density at radius 1 is 1.15 bits per heavy atom. The van der Waals surface area contributed by atoms with Crippen LogP contribution in [0.1, 0.15) is 31.4 Å². The number of hydrogen-bond donors (Lipinski definition) is 1. The lowest BCUT2D eigenvalue weighted by Gasteiger charge is -2.15. The Balaban J connectivity index is 0.00000117. The van der Waals surface area contributed by atoms with Crippen LogP contribution in [0.3, 0.4) is 0 Å². The molecule has 0 spiro atoms. The van der Waals surface area contributed by atoms with Gasteiger partial charge in [0.15, 0.2) is 0 Å². The molecule has 2 N–H and O–H groups in total. The number of rotatable bonds is 6. The molecule has 0 amide bonds. The fourth-order valence-corrected chi connectivity index (χ4v) is 3.73. The predicted octanol–water partition coefficient (Wildman–Crippen LogP) is 3.37. The summed E-state index contributed by atoms with van der Waals surface area (Å²) in [4.78, 5) is 4.40. The summed E-state index contributed by atoms with van der Waals surface area (Å²) < 4.78 is 8.47. The van der Waals surface area contributed by atoms with Crippen LogP contribution >= 0.6 is 0 Å². The van der Waals surface area contributed by atoms with E-state index in [0.29, 0.717) is 0 Å². The number of aryl methyl sites for hydroxylation is 2. The van der Waals surface area contributed by atoms with E-state index < -0.39 is 0 Å². The molecule has 146 valence electrons. The van der Waals surface area contributed by atoms with Crippen LogP contribution in [0, 0.1) is 6.92 Å². The number of aromatic nitrogens is 1. The zero-order chi connectivity index (χ0) is 19.4. The van der Waals surface area contributed by atoms with Gasteiger partial charge >= 0.3 is 0 Å². The summed E-state index contributed by atoms with van der Waals surface area (Å²) in [5, 5.41) is 1.27. The molecule has 1 atom stereocenters. The Morgan fingerprint density at radius 3 is 2.46 bits per heavy atom. The standard InChI is InChI=1S/C19H30N4O.C2H6/c1-13-15-7-8-17-16(11-14(24-17)12-22(4)5)18(15)23(19(13)20)10-6-9-21(2)3;1-2/h7-8,14H,6,9-12,20H2,1-5H3;1-2H3. The van der Waals surface area contributed by atoms with Gasteiger partial charge in [-0.25, -0.2) is 0 Å². The van der Waals surface area contributed by atoms with E-state index in [1.165, 1.54) is 22.0 Å². The van der Waals surface area contributed by atoms with E-state index in [0.717, 1.165) is 44.0 Å². The van der Waals surface area contributed by atoms with Crippen LogP contribution in [0.5, 0.6) is 5.75 Å². The van der Waals surface area contributed by atoms with Crippen LogP contribution in [0.4, 0.5) is 5.82 Å². The van der Waals surface area contributed by atoms with Crippen molar-refractivity contribution < 1.29 is 4.74 Å². The van der Waals surface area contributed by atoms with Gasteiger partial charge in [0.1, 0.15) is 17.7 Å². The Bertz CT molecular complexity index is 733. The van der Waals surface area contributed by atoms with E-state index in [-0.39, 0.29) is 6.10 Å². The molecule has 0 bridgehead atoms. The fraction of sp³-hybridized carbons (Fsp3) is 0.619. The first-order chi connectivity index (χ1) is 12.4. The van der Waals surface area contributed by atoms with E-state index in [9.17, 15) is 0 Å². The molecule has 1 aliphatic rings. The highest BCUT2D eigenvalue weighted by Crippen LogP contribution is 2.39. The second kappa shape index (κ2) is 8.78. The summed E-state index contributed by atoms with van der Waals surface area (Å²) in [5.41, 5.74) is 10.2. The lowest BCUT2D eigenvalue weighted by Crippen LogP contribution is -2.29. The quantitative estimate of drug-likeness (QED) is 0.858. The molecule has 0 saturated heterocycles. The molecular weight excluding hydrogens is 324 g/mol. The van der Waals surface area contributed by atoms with E-state index in [1.54, 1.807) is 0 Å². The van der Waals surface area contributed by atoms with Crippen molar-refractivity contribution in [2.24, 2.45) is 0 Å². The van der Waals surface area contributed by atoms with Gasteiger partial charge in [0.2, 0.25) is 0 Å². The maximum absolute atomic E-state index is 6.44. The average molecular weight is 361 g/mol. The minimum atomic E-state index is 0.229. The maximum Gasteiger partial charge on any atom is 0.125 e. The molecule has 5 heteroatoms. The second-order valence-corrected chi connectivity index (χ2v) is 7.46. The number of benzene rings is 1. The molecule has 1 aromatic heterocycles. The molecule has 3 rings (SSSR count). The third-order valence-corrected chi connectivity index (χ3v) is 4.87. The van der Waals surface area contributed by atoms with Gasteiger partial charge in [-0.1, -0.05) is 13.8 Å². The second-order valence-electron chi connectivity index (χ2n) is 7.46. The van der Waals surface area contributed by atoms with Crippen molar-refractivity contribution in [3.05, 3.63) is 23.3 Å². The molecule has 0 radical (unpaired) electrons. The van der Waals surface area contributed by atoms with Crippen molar-refractivity contribution in [1.82, 2.24) is 14.4 Å². The third-order valence-electron chi connectivity index (χ3n) is 4.87.